The number of rotatable bonds is 9. The number of methoxy groups -OCH3 is 1. The second-order valence-corrected chi connectivity index (χ2v) is 11.4. The van der Waals surface area contributed by atoms with Crippen molar-refractivity contribution in [1.29, 1.82) is 0 Å². The third kappa shape index (κ3) is 18.9. The Hall–Kier alpha value is -2.94. The van der Waals surface area contributed by atoms with Gasteiger partial charge in [-0.15, -0.1) is 0 Å². The zero-order valence-corrected chi connectivity index (χ0v) is 25.5. The van der Waals surface area contributed by atoms with E-state index in [4.69, 9.17) is 19.1 Å². The summed E-state index contributed by atoms with van der Waals surface area (Å²) in [4.78, 5) is 64.9. The van der Waals surface area contributed by atoms with Gasteiger partial charge >= 0.3 is 24.3 Å². The van der Waals surface area contributed by atoms with Gasteiger partial charge in [-0.1, -0.05) is 20.3 Å². The Kier molecular flexibility index (Phi) is 18.8. The summed E-state index contributed by atoms with van der Waals surface area (Å²) < 4.78 is 15.1. The number of hydrogen-bond donors (Lipinski definition) is 1. The summed E-state index contributed by atoms with van der Waals surface area (Å²) in [5, 5.41) is 2.43. The lowest BCUT2D eigenvalue weighted by Gasteiger charge is -2.31. The Balaban J connectivity index is 0. The molecule has 11 nitrogen and oxygen atoms in total. The van der Waals surface area contributed by atoms with Crippen LogP contribution in [0.3, 0.4) is 0 Å². The van der Waals surface area contributed by atoms with Crippen molar-refractivity contribution in [3.05, 3.63) is 0 Å². The number of carbonyl (C=O) groups excluding carboxylic acids is 6. The molecule has 1 N–H and O–H groups in total. The van der Waals surface area contributed by atoms with E-state index in [0.29, 0.717) is 18.5 Å². The highest BCUT2D eigenvalue weighted by atomic mass is 16.6. The van der Waals surface area contributed by atoms with Gasteiger partial charge in [-0.3, -0.25) is 4.79 Å². The zero-order valence-electron chi connectivity index (χ0n) is 25.5. The van der Waals surface area contributed by atoms with E-state index < -0.39 is 29.3 Å². The monoisotopic (exact) mass is 558 g/mol. The Labute approximate surface area is 233 Å². The molecule has 0 spiro atoms. The van der Waals surface area contributed by atoms with Crippen LogP contribution < -0.4 is 5.32 Å². The van der Waals surface area contributed by atoms with Gasteiger partial charge < -0.3 is 24.4 Å². The fourth-order valence-corrected chi connectivity index (χ4v) is 3.88. The van der Waals surface area contributed by atoms with Crippen molar-refractivity contribution >= 4 is 30.1 Å². The number of alkyl carbamates (subject to hydrolysis) is 1. The molecular formula is C28H50N2O9. The van der Waals surface area contributed by atoms with Crippen molar-refractivity contribution in [2.75, 3.05) is 7.11 Å². The molecule has 1 heterocycles. The molecule has 1 saturated heterocycles. The predicted octanol–water partition coefficient (Wildman–Crippen LogP) is 5.19. The van der Waals surface area contributed by atoms with Gasteiger partial charge in [-0.25, -0.2) is 14.4 Å². The minimum absolute atomic E-state index is 0.0624. The molecule has 2 amide bonds. The molecule has 0 aromatic carbocycles. The minimum atomic E-state index is -0.865. The van der Waals surface area contributed by atoms with Crippen LogP contribution in [0.5, 0.6) is 0 Å². The van der Waals surface area contributed by atoms with E-state index in [-0.39, 0.29) is 30.9 Å². The van der Waals surface area contributed by atoms with Gasteiger partial charge in [0.05, 0.1) is 7.11 Å². The summed E-state index contributed by atoms with van der Waals surface area (Å²) in [5.74, 6) is -0.521. The van der Waals surface area contributed by atoms with Crippen molar-refractivity contribution in [2.45, 2.75) is 143 Å². The molecule has 0 radical (unpaired) electrons. The lowest BCUT2D eigenvalue weighted by Crippen LogP contribution is -2.44. The SMILES string of the molecule is CCCC(=O)CC[C@@H](NC(=O)OC(C)(C)C)C(=O)OC.CCC[C@@H]1CC[C@H](C)N1C(=O)OC(C)(C)C.O=C=O. The Bertz CT molecular complexity index is 792. The molecular weight excluding hydrogens is 508 g/mol. The van der Waals surface area contributed by atoms with E-state index in [9.17, 15) is 19.2 Å². The average molecular weight is 559 g/mol. The first-order valence-electron chi connectivity index (χ1n) is 13.6. The zero-order chi connectivity index (χ0) is 30.8. The summed E-state index contributed by atoms with van der Waals surface area (Å²) >= 11 is 0. The highest BCUT2D eigenvalue weighted by Gasteiger charge is 2.36. The summed E-state index contributed by atoms with van der Waals surface area (Å²) in [6.07, 6.45) is 5.51. The molecule has 0 saturated carbocycles. The molecule has 1 fully saturated rings. The number of ketones is 1. The van der Waals surface area contributed by atoms with Crippen LogP contribution in [0.4, 0.5) is 9.59 Å². The number of hydrogen-bond acceptors (Lipinski definition) is 9. The minimum Gasteiger partial charge on any atom is -0.467 e. The van der Waals surface area contributed by atoms with Crippen molar-refractivity contribution in [3.63, 3.8) is 0 Å². The number of nitrogens with one attached hydrogen (secondary N) is 1. The summed E-state index contributed by atoms with van der Waals surface area (Å²) in [6.45, 7) is 17.1. The van der Waals surface area contributed by atoms with Crippen LogP contribution in [0.15, 0.2) is 0 Å². The molecule has 3 atom stereocenters. The second-order valence-electron chi connectivity index (χ2n) is 11.4. The van der Waals surface area contributed by atoms with Gasteiger partial charge in [0.2, 0.25) is 0 Å². The standard InChI is InChI=1S/C14H25NO5.C13H25NO2.CO2/c1-6-7-10(16)8-9-11(12(17)19-5)15-13(18)20-14(2,3)4;1-6-7-11-9-8-10(2)14(11)12(15)16-13(3,4)5;2-1-3/h11H,6-9H2,1-5H3,(H,15,18);10-11H,6-9H2,1-5H3;/t11-;10-,11+;/m10./s1. The summed E-state index contributed by atoms with van der Waals surface area (Å²) in [5.41, 5.74) is -1.04. The number of likely N-dealkylation sites (tertiary alicyclic amines) is 1. The quantitative estimate of drug-likeness (QED) is 0.298. The lowest BCUT2D eigenvalue weighted by atomic mass is 10.1. The van der Waals surface area contributed by atoms with Crippen LogP contribution in [-0.2, 0) is 33.4 Å². The largest absolute Gasteiger partial charge is 0.467 e. The first-order chi connectivity index (χ1) is 18.0. The summed E-state index contributed by atoms with van der Waals surface area (Å²) in [7, 11) is 1.24. The number of amides is 2. The Morgan fingerprint density at radius 1 is 0.923 bits per heavy atom. The first kappa shape index (κ1) is 38.2. The molecule has 1 aliphatic rings. The molecule has 0 aromatic rings. The molecule has 0 aromatic heterocycles. The molecule has 0 unspecified atom stereocenters. The van der Waals surface area contributed by atoms with Crippen LogP contribution >= 0.6 is 0 Å². The van der Waals surface area contributed by atoms with E-state index >= 15 is 0 Å². The highest BCUT2D eigenvalue weighted by molar-refractivity contribution is 5.83. The average Bonchev–Trinajstić information content (AvgIpc) is 3.15. The van der Waals surface area contributed by atoms with Crippen molar-refractivity contribution in [3.8, 4) is 0 Å². The second kappa shape index (κ2) is 19.2. The maximum absolute atomic E-state index is 12.1. The number of Topliss-reactive ketones (excluding diaryl/α,β-unsaturated/α-hetero) is 1. The molecule has 226 valence electrons. The Morgan fingerprint density at radius 2 is 1.46 bits per heavy atom. The van der Waals surface area contributed by atoms with Crippen LogP contribution in [0.1, 0.15) is 114 Å². The third-order valence-electron chi connectivity index (χ3n) is 5.43. The van der Waals surface area contributed by atoms with E-state index in [0.717, 1.165) is 32.1 Å². The number of carbonyl (C=O) groups is 4. The summed E-state index contributed by atoms with van der Waals surface area (Å²) in [6, 6.07) is -0.156. The molecule has 0 bridgehead atoms. The van der Waals surface area contributed by atoms with Crippen molar-refractivity contribution in [1.82, 2.24) is 10.2 Å². The van der Waals surface area contributed by atoms with E-state index in [1.807, 2.05) is 32.6 Å². The molecule has 0 aliphatic carbocycles. The van der Waals surface area contributed by atoms with Gasteiger partial charge in [-0.2, -0.15) is 9.59 Å². The normalized spacial score (nSPS) is 17.2. The van der Waals surface area contributed by atoms with Crippen LogP contribution in [0.25, 0.3) is 0 Å². The molecule has 1 rings (SSSR count). The number of ether oxygens (including phenoxy) is 3. The third-order valence-corrected chi connectivity index (χ3v) is 5.43. The van der Waals surface area contributed by atoms with Crippen molar-refractivity contribution in [2.24, 2.45) is 0 Å². The van der Waals surface area contributed by atoms with Gasteiger partial charge in [-0.05, 0) is 80.6 Å². The maximum Gasteiger partial charge on any atom is 0.410 e. The lowest BCUT2D eigenvalue weighted by molar-refractivity contribution is -0.191. The van der Waals surface area contributed by atoms with E-state index in [1.54, 1.807) is 20.8 Å². The fourth-order valence-electron chi connectivity index (χ4n) is 3.88. The topological polar surface area (TPSA) is 145 Å². The van der Waals surface area contributed by atoms with Gasteiger partial charge in [0.15, 0.2) is 0 Å². The molecule has 1 aliphatic heterocycles. The van der Waals surface area contributed by atoms with E-state index in [2.05, 4.69) is 23.9 Å². The number of esters is 1. The van der Waals surface area contributed by atoms with Crippen LogP contribution in [-0.4, -0.2) is 71.4 Å². The number of nitrogens with zero attached hydrogens (tertiary/aromatic N) is 1. The van der Waals surface area contributed by atoms with Crippen molar-refractivity contribution < 1.29 is 43.0 Å². The maximum atomic E-state index is 12.1. The van der Waals surface area contributed by atoms with Crippen LogP contribution in [0.2, 0.25) is 0 Å². The van der Waals surface area contributed by atoms with Crippen LogP contribution in [0, 0.1) is 0 Å². The smallest absolute Gasteiger partial charge is 0.410 e. The molecule has 39 heavy (non-hydrogen) atoms. The Morgan fingerprint density at radius 3 is 1.90 bits per heavy atom. The predicted molar refractivity (Wildman–Crippen MR) is 145 cm³/mol. The fraction of sp³-hybridized carbons (Fsp3) is 0.821. The van der Waals surface area contributed by atoms with E-state index in [1.165, 1.54) is 7.11 Å². The molecule has 11 heteroatoms. The van der Waals surface area contributed by atoms with Gasteiger partial charge in [0.1, 0.15) is 23.0 Å². The highest BCUT2D eigenvalue weighted by Crippen LogP contribution is 2.28. The first-order valence-corrected chi connectivity index (χ1v) is 13.6. The van der Waals surface area contributed by atoms with Gasteiger partial charge in [0.25, 0.3) is 0 Å². The van der Waals surface area contributed by atoms with Gasteiger partial charge in [0, 0.05) is 24.9 Å².